The lowest BCUT2D eigenvalue weighted by Gasteiger charge is -2.21. The molecule has 8 heteroatoms. The Bertz CT molecular complexity index is 1210. The van der Waals surface area contributed by atoms with Gasteiger partial charge in [-0.25, -0.2) is 0 Å². The van der Waals surface area contributed by atoms with Crippen molar-refractivity contribution in [2.24, 2.45) is 4.99 Å². The number of ether oxygens (including phenoxy) is 3. The minimum absolute atomic E-state index is 0.0255. The number of rotatable bonds is 6. The maximum atomic E-state index is 13.3. The lowest BCUT2D eigenvalue weighted by Crippen LogP contribution is -2.31. The summed E-state index contributed by atoms with van der Waals surface area (Å²) in [6.07, 6.45) is 6.68. The Balaban J connectivity index is 1.67. The normalized spacial score (nSPS) is 14.9. The van der Waals surface area contributed by atoms with Crippen molar-refractivity contribution in [2.45, 2.75) is 25.8 Å². The van der Waals surface area contributed by atoms with Gasteiger partial charge in [0.15, 0.2) is 11.5 Å². The molecule has 1 aliphatic heterocycles. The summed E-state index contributed by atoms with van der Waals surface area (Å²) in [7, 11) is 4.79. The molecule has 2 aromatic heterocycles. The number of nitrogens with zero attached hydrogens (tertiary/aromatic N) is 3. The second-order valence-corrected chi connectivity index (χ2v) is 9.04. The van der Waals surface area contributed by atoms with Gasteiger partial charge in [-0.15, -0.1) is 11.3 Å². The van der Waals surface area contributed by atoms with Crippen LogP contribution in [0.25, 0.3) is 0 Å². The van der Waals surface area contributed by atoms with E-state index in [2.05, 4.69) is 4.98 Å². The Morgan fingerprint density at radius 2 is 1.88 bits per heavy atom. The van der Waals surface area contributed by atoms with Crippen LogP contribution in [0.5, 0.6) is 17.2 Å². The van der Waals surface area contributed by atoms with Crippen LogP contribution in [0.2, 0.25) is 0 Å². The van der Waals surface area contributed by atoms with Gasteiger partial charge in [0.2, 0.25) is 11.7 Å². The van der Waals surface area contributed by atoms with Crippen molar-refractivity contribution in [3.63, 3.8) is 0 Å². The van der Waals surface area contributed by atoms with Gasteiger partial charge in [-0.05, 0) is 48.6 Å². The van der Waals surface area contributed by atoms with Crippen molar-refractivity contribution in [3.05, 3.63) is 63.8 Å². The average Bonchev–Trinajstić information content (AvgIpc) is 3.41. The summed E-state index contributed by atoms with van der Waals surface area (Å²) in [6, 6.07) is 7.70. The molecule has 1 aliphatic carbocycles. The Labute approximate surface area is 196 Å². The first-order valence-electron chi connectivity index (χ1n) is 10.8. The molecule has 7 nitrogen and oxygen atoms in total. The molecule has 0 N–H and O–H groups in total. The number of fused-ring (bicyclic) bond motifs is 3. The van der Waals surface area contributed by atoms with Gasteiger partial charge < -0.3 is 14.2 Å². The third-order valence-electron chi connectivity index (χ3n) is 6.06. The van der Waals surface area contributed by atoms with Crippen molar-refractivity contribution >= 4 is 28.0 Å². The summed E-state index contributed by atoms with van der Waals surface area (Å²) in [6.45, 7) is 0.541. The predicted octanol–water partition coefficient (Wildman–Crippen LogP) is 4.04. The lowest BCUT2D eigenvalue weighted by molar-refractivity contribution is -0.117. The third kappa shape index (κ3) is 3.74. The molecule has 0 saturated heterocycles. The van der Waals surface area contributed by atoms with Gasteiger partial charge in [0.25, 0.3) is 0 Å². The first-order valence-corrected chi connectivity index (χ1v) is 11.6. The van der Waals surface area contributed by atoms with E-state index < -0.39 is 0 Å². The van der Waals surface area contributed by atoms with E-state index in [9.17, 15) is 4.79 Å². The van der Waals surface area contributed by atoms with E-state index in [1.807, 2.05) is 29.2 Å². The zero-order chi connectivity index (χ0) is 22.9. The number of hydrogen-bond donors (Lipinski definition) is 0. The average molecular weight is 464 g/mol. The van der Waals surface area contributed by atoms with E-state index in [1.54, 1.807) is 45.1 Å². The number of aromatic nitrogens is 1. The summed E-state index contributed by atoms with van der Waals surface area (Å²) >= 11 is 1.71. The van der Waals surface area contributed by atoms with Crippen molar-refractivity contribution in [3.8, 4) is 17.2 Å². The molecule has 3 heterocycles. The molecule has 0 unspecified atom stereocenters. The molecular formula is C25H25N3O4S. The van der Waals surface area contributed by atoms with E-state index in [0.717, 1.165) is 46.7 Å². The van der Waals surface area contributed by atoms with Crippen LogP contribution in [0.4, 0.5) is 5.00 Å². The zero-order valence-electron chi connectivity index (χ0n) is 18.9. The minimum atomic E-state index is -0.0255. The van der Waals surface area contributed by atoms with E-state index >= 15 is 0 Å². The Hall–Kier alpha value is -3.39. The molecule has 0 bridgehead atoms. The fourth-order valence-corrected chi connectivity index (χ4v) is 5.94. The van der Waals surface area contributed by atoms with Crippen molar-refractivity contribution in [2.75, 3.05) is 32.8 Å². The monoisotopic (exact) mass is 463 g/mol. The molecule has 0 fully saturated rings. The summed E-state index contributed by atoms with van der Waals surface area (Å²) < 4.78 is 16.7. The van der Waals surface area contributed by atoms with Crippen LogP contribution >= 0.6 is 11.3 Å². The molecule has 33 heavy (non-hydrogen) atoms. The summed E-state index contributed by atoms with van der Waals surface area (Å²) in [4.78, 5) is 25.5. The zero-order valence-corrected chi connectivity index (χ0v) is 19.7. The second kappa shape index (κ2) is 8.86. The van der Waals surface area contributed by atoms with Crippen molar-refractivity contribution in [1.82, 2.24) is 4.98 Å². The number of aliphatic imine (C=N–C) groups is 1. The maximum Gasteiger partial charge on any atom is 0.249 e. The van der Waals surface area contributed by atoms with Gasteiger partial charge in [0.1, 0.15) is 11.5 Å². The molecule has 1 aromatic carbocycles. The highest BCUT2D eigenvalue weighted by molar-refractivity contribution is 7.17. The Morgan fingerprint density at radius 1 is 1.09 bits per heavy atom. The van der Waals surface area contributed by atoms with Gasteiger partial charge in [-0.1, -0.05) is 6.07 Å². The molecular weight excluding hydrogens is 438 g/mol. The number of methoxy groups -OCH3 is 3. The largest absolute Gasteiger partial charge is 0.493 e. The Morgan fingerprint density at radius 3 is 2.55 bits per heavy atom. The highest BCUT2D eigenvalue weighted by Gasteiger charge is 2.33. The molecule has 0 atom stereocenters. The van der Waals surface area contributed by atoms with Crippen LogP contribution in [0, 0.1) is 0 Å². The number of thiophene rings is 1. The summed E-state index contributed by atoms with van der Waals surface area (Å²) in [5.41, 5.74) is 4.98. The van der Waals surface area contributed by atoms with Crippen LogP contribution in [-0.4, -0.2) is 44.5 Å². The molecule has 0 radical (unpaired) electrons. The number of carbonyl (C=O) groups excluding carboxylic acids is 1. The molecule has 5 rings (SSSR count). The number of benzene rings is 1. The number of carbonyl (C=O) groups is 1. The number of hydrogen-bond acceptors (Lipinski definition) is 7. The van der Waals surface area contributed by atoms with Gasteiger partial charge in [-0.3, -0.25) is 19.7 Å². The first-order chi connectivity index (χ1) is 16.1. The number of aryl methyl sites for hydroxylation is 1. The smallest absolute Gasteiger partial charge is 0.249 e. The number of pyridine rings is 1. The van der Waals surface area contributed by atoms with E-state index in [4.69, 9.17) is 19.2 Å². The van der Waals surface area contributed by atoms with Gasteiger partial charge in [0, 0.05) is 28.4 Å². The van der Waals surface area contributed by atoms with Crippen molar-refractivity contribution in [1.29, 1.82) is 0 Å². The van der Waals surface area contributed by atoms with Gasteiger partial charge >= 0.3 is 0 Å². The van der Waals surface area contributed by atoms with Crippen LogP contribution in [0.15, 0.2) is 41.7 Å². The van der Waals surface area contributed by atoms with Crippen molar-refractivity contribution < 1.29 is 19.0 Å². The SMILES string of the molecule is COc1cc(C2=NCC(=O)N(Cc3cccnc3)c3sc4c(c32)CCC4)cc(OC)c1OC. The molecule has 170 valence electrons. The highest BCUT2D eigenvalue weighted by Crippen LogP contribution is 2.45. The van der Waals surface area contributed by atoms with E-state index in [1.165, 1.54) is 10.4 Å². The quantitative estimate of drug-likeness (QED) is 0.552. The second-order valence-electron chi connectivity index (χ2n) is 7.96. The molecule has 0 spiro atoms. The topological polar surface area (TPSA) is 73.2 Å². The number of anilines is 1. The van der Waals surface area contributed by atoms with Crippen LogP contribution in [-0.2, 0) is 24.2 Å². The van der Waals surface area contributed by atoms with E-state index in [0.29, 0.717) is 23.8 Å². The van der Waals surface area contributed by atoms with Crippen LogP contribution in [0.1, 0.15) is 33.6 Å². The minimum Gasteiger partial charge on any atom is -0.493 e. The molecule has 1 amide bonds. The van der Waals surface area contributed by atoms with Crippen LogP contribution < -0.4 is 19.1 Å². The maximum absolute atomic E-state index is 13.3. The summed E-state index contributed by atoms with van der Waals surface area (Å²) in [5.74, 6) is 1.63. The van der Waals surface area contributed by atoms with E-state index in [-0.39, 0.29) is 12.5 Å². The summed E-state index contributed by atoms with van der Waals surface area (Å²) in [5, 5.41) is 0.957. The fraction of sp³-hybridized carbons (Fsp3) is 0.320. The lowest BCUT2D eigenvalue weighted by atomic mass is 9.98. The number of amides is 1. The standard InChI is InChI=1S/C25H25N3O4S/c1-30-18-10-16(11-19(31-2)24(18)32-3)23-22-17-7-4-8-20(17)33-25(22)28(21(29)13-27-23)14-15-6-5-9-26-12-15/h5-6,9-12H,4,7-8,13-14H2,1-3H3. The molecule has 2 aliphatic rings. The Kier molecular flexibility index (Phi) is 5.76. The van der Waals surface area contributed by atoms with Crippen LogP contribution in [0.3, 0.4) is 0 Å². The predicted molar refractivity (Wildman–Crippen MR) is 128 cm³/mol. The highest BCUT2D eigenvalue weighted by atomic mass is 32.1. The first kappa shape index (κ1) is 21.5. The fourth-order valence-electron chi connectivity index (χ4n) is 4.54. The third-order valence-corrected chi connectivity index (χ3v) is 7.37. The molecule has 0 saturated carbocycles. The van der Waals surface area contributed by atoms with Gasteiger partial charge in [0.05, 0.1) is 33.6 Å². The molecule has 3 aromatic rings. The van der Waals surface area contributed by atoms with Gasteiger partial charge in [-0.2, -0.15) is 0 Å².